The van der Waals surface area contributed by atoms with Gasteiger partial charge >= 0.3 is 6.18 Å². The van der Waals surface area contributed by atoms with Crippen LogP contribution < -0.4 is 11.1 Å². The van der Waals surface area contributed by atoms with E-state index in [9.17, 15) is 22.4 Å². The molecular weight excluding hydrogens is 389 g/mol. The molecule has 6 nitrogen and oxygen atoms in total. The monoisotopic (exact) mass is 403 g/mol. The highest BCUT2D eigenvalue weighted by Crippen LogP contribution is 2.30. The van der Waals surface area contributed by atoms with Gasteiger partial charge in [0.25, 0.3) is 5.91 Å². The summed E-state index contributed by atoms with van der Waals surface area (Å²) in [6.45, 7) is -0.241. The molecule has 25 heavy (non-hydrogen) atoms. The first-order valence-electron chi connectivity index (χ1n) is 6.55. The Morgan fingerprint density at radius 3 is 2.56 bits per heavy atom. The third-order valence-electron chi connectivity index (χ3n) is 2.88. The summed E-state index contributed by atoms with van der Waals surface area (Å²) in [6.07, 6.45) is -2.52. The number of aromatic nitrogens is 3. The van der Waals surface area contributed by atoms with Gasteiger partial charge in [-0.05, 0) is 12.1 Å². The third-order valence-corrected chi connectivity index (χ3v) is 2.88. The summed E-state index contributed by atoms with van der Waals surface area (Å²) < 4.78 is 53.1. The van der Waals surface area contributed by atoms with Crippen molar-refractivity contribution >= 4 is 30.7 Å². The molecule has 0 spiro atoms. The maximum atomic E-state index is 13.4. The second-order valence-electron chi connectivity index (χ2n) is 4.56. The van der Waals surface area contributed by atoms with Crippen molar-refractivity contribution in [3.8, 4) is 0 Å². The van der Waals surface area contributed by atoms with Crippen molar-refractivity contribution < 1.29 is 22.4 Å². The first-order chi connectivity index (χ1) is 10.8. The Labute approximate surface area is 152 Å². The third kappa shape index (κ3) is 5.83. The molecule has 0 unspecified atom stereocenters. The first kappa shape index (κ1) is 23.1. The topological polar surface area (TPSA) is 85.8 Å². The normalized spacial score (nSPS) is 10.6. The average Bonchev–Trinajstić information content (AvgIpc) is 2.91. The number of alkyl halides is 3. The summed E-state index contributed by atoms with van der Waals surface area (Å²) >= 11 is 0. The van der Waals surface area contributed by atoms with E-state index >= 15 is 0 Å². The Morgan fingerprint density at radius 2 is 2.00 bits per heavy atom. The van der Waals surface area contributed by atoms with Gasteiger partial charge in [0.05, 0.1) is 24.3 Å². The minimum Gasteiger partial charge on any atom is -0.346 e. The number of hydrogen-bond donors (Lipinski definition) is 2. The van der Waals surface area contributed by atoms with Crippen LogP contribution in [0.1, 0.15) is 21.7 Å². The molecule has 2 rings (SSSR count). The number of carbonyl (C=O) groups excluding carboxylic acids is 1. The summed E-state index contributed by atoms with van der Waals surface area (Å²) in [6, 6.07) is 2.49. The molecule has 3 N–H and O–H groups in total. The van der Waals surface area contributed by atoms with Gasteiger partial charge < -0.3 is 11.1 Å². The summed E-state index contributed by atoms with van der Waals surface area (Å²) in [4.78, 5) is 15.7. The van der Waals surface area contributed by atoms with Gasteiger partial charge in [-0.2, -0.15) is 18.3 Å². The highest BCUT2D eigenvalue weighted by molar-refractivity contribution is 5.95. The van der Waals surface area contributed by atoms with E-state index < -0.39 is 29.2 Å². The Balaban J connectivity index is 0.00000288. The molecule has 0 saturated carbocycles. The second-order valence-corrected chi connectivity index (χ2v) is 4.56. The van der Waals surface area contributed by atoms with Crippen LogP contribution in [0.25, 0.3) is 0 Å². The minimum atomic E-state index is -4.79. The fourth-order valence-electron chi connectivity index (χ4n) is 1.85. The van der Waals surface area contributed by atoms with Crippen LogP contribution in [0.3, 0.4) is 0 Å². The summed E-state index contributed by atoms with van der Waals surface area (Å²) in [7, 11) is 0. The van der Waals surface area contributed by atoms with Crippen molar-refractivity contribution in [2.45, 2.75) is 19.3 Å². The standard InChI is InChI=1S/C13H13F4N5O.2ClH/c14-9-2-1-4-19-10(9)6-20-12(23)8-7-22(5-3-18)21-11(8)13(15,16)17;;/h1-2,4,7H,3,5-6,18H2,(H,20,23);2*1H. The van der Waals surface area contributed by atoms with Crippen LogP contribution in [0.4, 0.5) is 17.6 Å². The fraction of sp³-hybridized carbons (Fsp3) is 0.308. The summed E-state index contributed by atoms with van der Waals surface area (Å²) in [5, 5.41) is 5.52. The molecule has 0 fully saturated rings. The van der Waals surface area contributed by atoms with Gasteiger partial charge in [0.2, 0.25) is 0 Å². The number of amides is 1. The lowest BCUT2D eigenvalue weighted by Gasteiger charge is -2.07. The second kappa shape index (κ2) is 9.54. The molecular formula is C13H15Cl2F4N5O. The molecule has 2 heterocycles. The quantitative estimate of drug-likeness (QED) is 0.749. The number of nitrogens with two attached hydrogens (primary N) is 1. The average molecular weight is 404 g/mol. The van der Waals surface area contributed by atoms with Crippen LogP contribution >= 0.6 is 24.8 Å². The van der Waals surface area contributed by atoms with Crippen molar-refractivity contribution in [2.75, 3.05) is 6.54 Å². The van der Waals surface area contributed by atoms with Crippen molar-refractivity contribution in [2.24, 2.45) is 5.73 Å². The van der Waals surface area contributed by atoms with E-state index in [1.165, 1.54) is 12.3 Å². The van der Waals surface area contributed by atoms with Gasteiger partial charge in [-0.15, -0.1) is 24.8 Å². The SMILES string of the molecule is Cl.Cl.NCCn1cc(C(=O)NCc2ncccc2F)c(C(F)(F)F)n1. The molecule has 0 atom stereocenters. The van der Waals surface area contributed by atoms with E-state index in [0.29, 0.717) is 0 Å². The van der Waals surface area contributed by atoms with E-state index in [1.54, 1.807) is 0 Å². The Hall–Kier alpha value is -1.91. The van der Waals surface area contributed by atoms with Crippen molar-refractivity contribution in [1.29, 1.82) is 0 Å². The van der Waals surface area contributed by atoms with Crippen LogP contribution in [0, 0.1) is 5.82 Å². The largest absolute Gasteiger partial charge is 0.435 e. The van der Waals surface area contributed by atoms with Gasteiger partial charge in [0.1, 0.15) is 5.82 Å². The van der Waals surface area contributed by atoms with Crippen molar-refractivity contribution in [3.05, 3.63) is 47.3 Å². The van der Waals surface area contributed by atoms with Gasteiger partial charge in [-0.3, -0.25) is 14.5 Å². The molecule has 2 aromatic rings. The number of pyridine rings is 1. The lowest BCUT2D eigenvalue weighted by Crippen LogP contribution is -2.26. The molecule has 0 aliphatic rings. The Morgan fingerprint density at radius 1 is 1.32 bits per heavy atom. The predicted octanol–water partition coefficient (Wildman–Crippen LogP) is 2.17. The molecule has 2 aromatic heterocycles. The van der Waals surface area contributed by atoms with Crippen LogP contribution in [0.2, 0.25) is 0 Å². The number of nitrogens with one attached hydrogen (secondary N) is 1. The molecule has 140 valence electrons. The number of hydrogen-bond acceptors (Lipinski definition) is 4. The van der Waals surface area contributed by atoms with Crippen LogP contribution in [-0.4, -0.2) is 27.2 Å². The van der Waals surface area contributed by atoms with Crippen LogP contribution in [-0.2, 0) is 19.3 Å². The van der Waals surface area contributed by atoms with E-state index in [-0.39, 0.29) is 50.1 Å². The maximum absolute atomic E-state index is 13.4. The first-order valence-corrected chi connectivity index (χ1v) is 6.55. The molecule has 1 amide bonds. The zero-order chi connectivity index (χ0) is 17.0. The number of rotatable bonds is 5. The summed E-state index contributed by atoms with van der Waals surface area (Å²) in [5.41, 5.74) is 3.22. The molecule has 0 bridgehead atoms. The maximum Gasteiger partial charge on any atom is 0.435 e. The molecule has 0 aliphatic carbocycles. The highest BCUT2D eigenvalue weighted by Gasteiger charge is 2.39. The lowest BCUT2D eigenvalue weighted by atomic mass is 10.2. The smallest absolute Gasteiger partial charge is 0.346 e. The number of nitrogens with zero attached hydrogens (tertiary/aromatic N) is 3. The molecule has 12 heteroatoms. The van der Waals surface area contributed by atoms with Crippen LogP contribution in [0.5, 0.6) is 0 Å². The highest BCUT2D eigenvalue weighted by atomic mass is 35.5. The van der Waals surface area contributed by atoms with Gasteiger partial charge in [0, 0.05) is 18.9 Å². The lowest BCUT2D eigenvalue weighted by molar-refractivity contribution is -0.141. The van der Waals surface area contributed by atoms with Gasteiger partial charge in [0.15, 0.2) is 5.69 Å². The van der Waals surface area contributed by atoms with Crippen molar-refractivity contribution in [1.82, 2.24) is 20.1 Å². The Kier molecular flexibility index (Phi) is 8.81. The Bertz CT molecular complexity index is 708. The van der Waals surface area contributed by atoms with Gasteiger partial charge in [-0.25, -0.2) is 4.39 Å². The summed E-state index contributed by atoms with van der Waals surface area (Å²) in [5.74, 6) is -1.69. The molecule has 0 aliphatic heterocycles. The van der Waals surface area contributed by atoms with E-state index in [2.05, 4.69) is 15.4 Å². The van der Waals surface area contributed by atoms with E-state index in [1.807, 2.05) is 0 Å². The predicted molar refractivity (Wildman–Crippen MR) is 86.1 cm³/mol. The molecule has 0 saturated heterocycles. The van der Waals surface area contributed by atoms with Crippen molar-refractivity contribution in [3.63, 3.8) is 0 Å². The van der Waals surface area contributed by atoms with E-state index in [4.69, 9.17) is 5.73 Å². The zero-order valence-corrected chi connectivity index (χ0v) is 14.2. The van der Waals surface area contributed by atoms with E-state index in [0.717, 1.165) is 16.9 Å². The molecule has 0 radical (unpaired) electrons. The van der Waals surface area contributed by atoms with Gasteiger partial charge in [-0.1, -0.05) is 0 Å². The fourth-order valence-corrected chi connectivity index (χ4v) is 1.85. The molecule has 0 aromatic carbocycles. The van der Waals surface area contributed by atoms with Crippen LogP contribution in [0.15, 0.2) is 24.5 Å². The number of carbonyl (C=O) groups is 1. The minimum absolute atomic E-state index is 0. The zero-order valence-electron chi connectivity index (χ0n) is 12.6. The number of halogens is 6.